The van der Waals surface area contributed by atoms with Crippen LogP contribution in [-0.2, 0) is 0 Å². The first-order valence-electron chi connectivity index (χ1n) is 6.97. The van der Waals surface area contributed by atoms with Crippen LogP contribution in [0.5, 0.6) is 11.5 Å². The molecular weight excluding hydrogens is 242 g/mol. The van der Waals surface area contributed by atoms with Crippen molar-refractivity contribution in [1.82, 2.24) is 0 Å². The van der Waals surface area contributed by atoms with Crippen LogP contribution >= 0.6 is 0 Å². The number of unbranched alkanes of at least 4 members (excludes halogenated alkanes) is 3. The Kier molecular flexibility index (Phi) is 7.82. The van der Waals surface area contributed by atoms with Crippen LogP contribution < -0.4 is 14.8 Å². The highest BCUT2D eigenvalue weighted by molar-refractivity contribution is 5.54. The topological polar surface area (TPSA) is 50.7 Å². The van der Waals surface area contributed by atoms with E-state index in [0.29, 0.717) is 11.5 Å². The van der Waals surface area contributed by atoms with Gasteiger partial charge >= 0.3 is 0 Å². The van der Waals surface area contributed by atoms with Gasteiger partial charge in [0.15, 0.2) is 11.5 Å². The number of aliphatic hydroxyl groups is 1. The molecule has 0 saturated heterocycles. The molecule has 0 bridgehead atoms. The Hall–Kier alpha value is -1.42. The van der Waals surface area contributed by atoms with Gasteiger partial charge in [0, 0.05) is 18.3 Å². The second-order valence-electron chi connectivity index (χ2n) is 4.43. The van der Waals surface area contributed by atoms with Crippen LogP contribution in [0.4, 0.5) is 5.69 Å². The van der Waals surface area contributed by atoms with Gasteiger partial charge in [-0.3, -0.25) is 0 Å². The second kappa shape index (κ2) is 9.50. The predicted octanol–water partition coefficient (Wildman–Crippen LogP) is 3.06. The van der Waals surface area contributed by atoms with E-state index in [1.54, 1.807) is 7.11 Å². The highest BCUT2D eigenvalue weighted by atomic mass is 16.5. The van der Waals surface area contributed by atoms with E-state index in [2.05, 4.69) is 12.2 Å². The summed E-state index contributed by atoms with van der Waals surface area (Å²) < 4.78 is 10.7. The van der Waals surface area contributed by atoms with Gasteiger partial charge in [0.1, 0.15) is 6.61 Å². The van der Waals surface area contributed by atoms with E-state index in [4.69, 9.17) is 14.6 Å². The van der Waals surface area contributed by atoms with Crippen LogP contribution in [0, 0.1) is 0 Å². The molecule has 0 unspecified atom stereocenters. The lowest BCUT2D eigenvalue weighted by atomic mass is 10.2. The number of anilines is 1. The van der Waals surface area contributed by atoms with Crippen LogP contribution in [0.25, 0.3) is 0 Å². The van der Waals surface area contributed by atoms with E-state index in [1.807, 2.05) is 18.2 Å². The van der Waals surface area contributed by atoms with E-state index in [1.165, 1.54) is 25.7 Å². The molecule has 19 heavy (non-hydrogen) atoms. The fourth-order valence-corrected chi connectivity index (χ4v) is 1.84. The first-order chi connectivity index (χ1) is 9.31. The maximum Gasteiger partial charge on any atom is 0.163 e. The zero-order chi connectivity index (χ0) is 13.9. The molecule has 2 N–H and O–H groups in total. The average Bonchev–Trinajstić information content (AvgIpc) is 2.45. The van der Waals surface area contributed by atoms with Gasteiger partial charge in [-0.2, -0.15) is 0 Å². The largest absolute Gasteiger partial charge is 0.493 e. The summed E-state index contributed by atoms with van der Waals surface area (Å²) in [5.74, 6) is 1.35. The summed E-state index contributed by atoms with van der Waals surface area (Å²) in [7, 11) is 1.61. The van der Waals surface area contributed by atoms with E-state index >= 15 is 0 Å². The molecule has 0 aliphatic carbocycles. The van der Waals surface area contributed by atoms with Crippen LogP contribution in [0.3, 0.4) is 0 Å². The summed E-state index contributed by atoms with van der Waals surface area (Å²) in [6, 6.07) is 5.76. The van der Waals surface area contributed by atoms with Crippen molar-refractivity contribution in [2.24, 2.45) is 0 Å². The summed E-state index contributed by atoms with van der Waals surface area (Å²) in [6.45, 7) is 3.45. The summed E-state index contributed by atoms with van der Waals surface area (Å²) in [5.41, 5.74) is 1.02. The number of hydrogen-bond acceptors (Lipinski definition) is 4. The average molecular weight is 267 g/mol. The Bertz CT molecular complexity index is 355. The lowest BCUT2D eigenvalue weighted by Crippen LogP contribution is -2.05. The normalized spacial score (nSPS) is 10.3. The lowest BCUT2D eigenvalue weighted by Gasteiger charge is -2.12. The summed E-state index contributed by atoms with van der Waals surface area (Å²) in [4.78, 5) is 0. The van der Waals surface area contributed by atoms with Gasteiger partial charge in [0.05, 0.1) is 13.7 Å². The Labute approximate surface area is 115 Å². The van der Waals surface area contributed by atoms with Gasteiger partial charge in [-0.25, -0.2) is 0 Å². The molecule has 0 aliphatic rings. The number of rotatable bonds is 10. The smallest absolute Gasteiger partial charge is 0.163 e. The highest BCUT2D eigenvalue weighted by Crippen LogP contribution is 2.30. The number of ether oxygens (including phenoxy) is 2. The molecule has 0 fully saturated rings. The molecule has 0 amide bonds. The predicted molar refractivity (Wildman–Crippen MR) is 78.2 cm³/mol. The molecule has 108 valence electrons. The number of nitrogens with one attached hydrogen (secondary N) is 1. The molecule has 0 heterocycles. The summed E-state index contributed by atoms with van der Waals surface area (Å²) >= 11 is 0. The fourth-order valence-electron chi connectivity index (χ4n) is 1.84. The number of benzene rings is 1. The summed E-state index contributed by atoms with van der Waals surface area (Å²) in [5, 5.41) is 12.2. The molecule has 0 aromatic heterocycles. The van der Waals surface area contributed by atoms with Crippen molar-refractivity contribution in [2.75, 3.05) is 32.2 Å². The van der Waals surface area contributed by atoms with E-state index < -0.39 is 0 Å². The molecule has 0 spiro atoms. The van der Waals surface area contributed by atoms with Gasteiger partial charge < -0.3 is 19.9 Å². The van der Waals surface area contributed by atoms with Crippen molar-refractivity contribution >= 4 is 5.69 Å². The van der Waals surface area contributed by atoms with Gasteiger partial charge in [0.25, 0.3) is 0 Å². The van der Waals surface area contributed by atoms with Crippen LogP contribution in [0.2, 0.25) is 0 Å². The number of hydrogen-bond donors (Lipinski definition) is 2. The SMILES string of the molecule is CCCCCCNc1ccc(OC)c(OCCO)c1. The van der Waals surface area contributed by atoms with Crippen molar-refractivity contribution in [3.8, 4) is 11.5 Å². The summed E-state index contributed by atoms with van der Waals surface area (Å²) in [6.07, 6.45) is 4.97. The number of methoxy groups -OCH3 is 1. The number of aliphatic hydroxyl groups excluding tert-OH is 1. The van der Waals surface area contributed by atoms with Crippen LogP contribution in [0.1, 0.15) is 32.6 Å². The minimum absolute atomic E-state index is 0.00215. The molecule has 0 aliphatic heterocycles. The van der Waals surface area contributed by atoms with E-state index in [0.717, 1.165) is 12.2 Å². The van der Waals surface area contributed by atoms with Gasteiger partial charge in [-0.1, -0.05) is 26.2 Å². The maximum absolute atomic E-state index is 8.80. The molecule has 1 aromatic rings. The zero-order valence-electron chi connectivity index (χ0n) is 11.9. The molecule has 1 aromatic carbocycles. The third kappa shape index (κ3) is 5.83. The molecule has 0 saturated carbocycles. The minimum Gasteiger partial charge on any atom is -0.493 e. The maximum atomic E-state index is 8.80. The molecule has 0 radical (unpaired) electrons. The molecule has 4 nitrogen and oxygen atoms in total. The van der Waals surface area contributed by atoms with E-state index in [9.17, 15) is 0 Å². The third-order valence-corrected chi connectivity index (χ3v) is 2.87. The standard InChI is InChI=1S/C15H25NO3/c1-3-4-5-6-9-16-13-7-8-14(18-2)15(12-13)19-11-10-17/h7-8,12,16-17H,3-6,9-11H2,1-2H3. The molecule has 4 heteroatoms. The van der Waals surface area contributed by atoms with Crippen LogP contribution in [-0.4, -0.2) is 32.0 Å². The molecule has 1 rings (SSSR count). The Morgan fingerprint density at radius 2 is 2.00 bits per heavy atom. The lowest BCUT2D eigenvalue weighted by molar-refractivity contribution is 0.196. The second-order valence-corrected chi connectivity index (χ2v) is 4.43. The van der Waals surface area contributed by atoms with Crippen molar-refractivity contribution < 1.29 is 14.6 Å². The Balaban J connectivity index is 2.49. The first kappa shape index (κ1) is 15.6. The van der Waals surface area contributed by atoms with Crippen molar-refractivity contribution in [1.29, 1.82) is 0 Å². The first-order valence-corrected chi connectivity index (χ1v) is 6.97. The van der Waals surface area contributed by atoms with Gasteiger partial charge in [0.2, 0.25) is 0 Å². The van der Waals surface area contributed by atoms with Crippen molar-refractivity contribution in [3.05, 3.63) is 18.2 Å². The quantitative estimate of drug-likeness (QED) is 0.640. The third-order valence-electron chi connectivity index (χ3n) is 2.87. The van der Waals surface area contributed by atoms with Gasteiger partial charge in [-0.15, -0.1) is 0 Å². The van der Waals surface area contributed by atoms with Crippen LogP contribution in [0.15, 0.2) is 18.2 Å². The minimum atomic E-state index is -0.00215. The monoisotopic (exact) mass is 267 g/mol. The van der Waals surface area contributed by atoms with E-state index in [-0.39, 0.29) is 13.2 Å². The van der Waals surface area contributed by atoms with Crippen molar-refractivity contribution in [2.45, 2.75) is 32.6 Å². The Morgan fingerprint density at radius 3 is 2.68 bits per heavy atom. The molecule has 0 atom stereocenters. The van der Waals surface area contributed by atoms with Crippen molar-refractivity contribution in [3.63, 3.8) is 0 Å². The van der Waals surface area contributed by atoms with Gasteiger partial charge in [-0.05, 0) is 18.6 Å². The fraction of sp³-hybridized carbons (Fsp3) is 0.600. The highest BCUT2D eigenvalue weighted by Gasteiger charge is 2.05. The zero-order valence-corrected chi connectivity index (χ0v) is 11.9. The Morgan fingerprint density at radius 1 is 1.16 bits per heavy atom. The molecular formula is C15H25NO3.